The summed E-state index contributed by atoms with van der Waals surface area (Å²) in [5.41, 5.74) is -1.09. The highest BCUT2D eigenvalue weighted by molar-refractivity contribution is 5.96. The van der Waals surface area contributed by atoms with Gasteiger partial charge in [0.2, 0.25) is 5.91 Å². The van der Waals surface area contributed by atoms with Crippen molar-refractivity contribution in [2.75, 3.05) is 46.4 Å². The second kappa shape index (κ2) is 10.7. The first-order chi connectivity index (χ1) is 18.6. The van der Waals surface area contributed by atoms with Crippen LogP contribution in [-0.2, 0) is 14.3 Å². The summed E-state index contributed by atoms with van der Waals surface area (Å²) in [6, 6.07) is 11.0. The zero-order chi connectivity index (χ0) is 27.8. The van der Waals surface area contributed by atoms with Crippen LogP contribution in [0.15, 0.2) is 48.5 Å². The number of nitrogens with zero attached hydrogens (tertiary/aromatic N) is 2. The molecular formula is C29H33F2N3O5. The molecule has 208 valence electrons. The Morgan fingerprint density at radius 2 is 1.59 bits per heavy atom. The fourth-order valence-electron chi connectivity index (χ4n) is 6.01. The molecule has 1 N–H and O–H groups in total. The zero-order valence-corrected chi connectivity index (χ0v) is 22.1. The van der Waals surface area contributed by atoms with Crippen LogP contribution in [-0.4, -0.2) is 79.6 Å². The number of ketones is 1. The topological polar surface area (TPSA) is 88.2 Å². The van der Waals surface area contributed by atoms with E-state index in [1.165, 1.54) is 48.3 Å². The molecule has 10 heteroatoms. The van der Waals surface area contributed by atoms with Crippen LogP contribution in [0.2, 0.25) is 0 Å². The van der Waals surface area contributed by atoms with E-state index >= 15 is 0 Å². The first-order valence-electron chi connectivity index (χ1n) is 13.2. The molecule has 39 heavy (non-hydrogen) atoms. The standard InChI is InChI=1S/C29H33F2N3O5/c1-28(17-38-18-28)26(36)34-13-11-20(12-14-34)25(35)29(16-32-15-24(29)19-3-5-21(30)6-4-19)33(2)27(37)39-23-9-7-22(31)8-10-23/h3-10,20,24,32H,11-18H2,1-2H3/t24-,29+/m0/s1. The van der Waals surface area contributed by atoms with E-state index in [0.717, 1.165) is 5.56 Å². The van der Waals surface area contributed by atoms with Gasteiger partial charge in [0.15, 0.2) is 5.78 Å². The number of ether oxygens (including phenoxy) is 2. The van der Waals surface area contributed by atoms with Crippen molar-refractivity contribution in [3.8, 4) is 5.75 Å². The van der Waals surface area contributed by atoms with Crippen molar-refractivity contribution < 1.29 is 32.6 Å². The molecule has 3 fully saturated rings. The third-order valence-corrected chi connectivity index (χ3v) is 8.42. The van der Waals surface area contributed by atoms with Crippen LogP contribution in [0, 0.1) is 23.0 Å². The number of likely N-dealkylation sites (N-methyl/N-ethyl adjacent to an activating group) is 1. The van der Waals surface area contributed by atoms with Crippen molar-refractivity contribution in [2.45, 2.75) is 31.2 Å². The van der Waals surface area contributed by atoms with Crippen molar-refractivity contribution >= 4 is 17.8 Å². The second-order valence-corrected chi connectivity index (χ2v) is 11.0. The van der Waals surface area contributed by atoms with Crippen LogP contribution in [0.5, 0.6) is 5.75 Å². The van der Waals surface area contributed by atoms with Gasteiger partial charge in [0.05, 0.1) is 18.6 Å². The Bertz CT molecular complexity index is 1230. The average Bonchev–Trinajstić information content (AvgIpc) is 3.38. The van der Waals surface area contributed by atoms with Crippen LogP contribution in [0.4, 0.5) is 13.6 Å². The molecule has 0 aliphatic carbocycles. The summed E-state index contributed by atoms with van der Waals surface area (Å²) in [5, 5.41) is 3.27. The molecule has 0 spiro atoms. The average molecular weight is 542 g/mol. The van der Waals surface area contributed by atoms with Crippen LogP contribution in [0.3, 0.4) is 0 Å². The quantitative estimate of drug-likeness (QED) is 0.604. The largest absolute Gasteiger partial charge is 0.415 e. The van der Waals surface area contributed by atoms with Crippen molar-refractivity contribution in [3.05, 3.63) is 65.7 Å². The molecule has 3 aliphatic heterocycles. The van der Waals surface area contributed by atoms with E-state index < -0.39 is 34.6 Å². The number of hydrogen-bond acceptors (Lipinski definition) is 6. The Labute approximate surface area is 226 Å². The van der Waals surface area contributed by atoms with Gasteiger partial charge >= 0.3 is 6.09 Å². The van der Waals surface area contributed by atoms with Crippen molar-refractivity contribution in [2.24, 2.45) is 11.3 Å². The summed E-state index contributed by atoms with van der Waals surface area (Å²) in [6.07, 6.45) is 0.192. The van der Waals surface area contributed by atoms with Crippen LogP contribution in [0.1, 0.15) is 31.2 Å². The van der Waals surface area contributed by atoms with E-state index in [1.807, 2.05) is 6.92 Å². The van der Waals surface area contributed by atoms with Gasteiger partial charge in [0.25, 0.3) is 0 Å². The van der Waals surface area contributed by atoms with Gasteiger partial charge in [-0.15, -0.1) is 0 Å². The molecule has 2 aromatic rings. The van der Waals surface area contributed by atoms with Gasteiger partial charge in [-0.25, -0.2) is 13.6 Å². The maximum Gasteiger partial charge on any atom is 0.415 e. The highest BCUT2D eigenvalue weighted by atomic mass is 19.1. The van der Waals surface area contributed by atoms with E-state index in [2.05, 4.69) is 5.32 Å². The Balaban J connectivity index is 1.40. The molecule has 0 bridgehead atoms. The number of carbonyl (C=O) groups is 3. The number of benzene rings is 2. The van der Waals surface area contributed by atoms with Gasteiger partial charge in [-0.1, -0.05) is 12.1 Å². The number of nitrogens with one attached hydrogen (secondary N) is 1. The van der Waals surface area contributed by atoms with Crippen molar-refractivity contribution in [1.82, 2.24) is 15.1 Å². The van der Waals surface area contributed by atoms with E-state index in [-0.39, 0.29) is 29.9 Å². The Hall–Kier alpha value is -3.37. The van der Waals surface area contributed by atoms with Crippen LogP contribution in [0.25, 0.3) is 0 Å². The number of hydrogen-bond donors (Lipinski definition) is 1. The lowest BCUT2D eigenvalue weighted by molar-refractivity contribution is -0.170. The normalized spacial score (nSPS) is 24.6. The molecule has 3 saturated heterocycles. The Morgan fingerprint density at radius 1 is 1.00 bits per heavy atom. The van der Waals surface area contributed by atoms with E-state index in [1.54, 1.807) is 17.0 Å². The van der Waals surface area contributed by atoms with Crippen molar-refractivity contribution in [1.29, 1.82) is 0 Å². The minimum atomic E-state index is -1.31. The molecule has 2 amide bonds. The van der Waals surface area contributed by atoms with Gasteiger partial charge in [-0.2, -0.15) is 0 Å². The number of carbonyl (C=O) groups excluding carboxylic acids is 3. The van der Waals surface area contributed by atoms with E-state index in [9.17, 15) is 23.2 Å². The summed E-state index contributed by atoms with van der Waals surface area (Å²) >= 11 is 0. The molecule has 0 saturated carbocycles. The fraction of sp³-hybridized carbons (Fsp3) is 0.483. The predicted molar refractivity (Wildman–Crippen MR) is 138 cm³/mol. The number of halogens is 2. The number of piperidine rings is 1. The molecule has 0 unspecified atom stereocenters. The lowest BCUT2D eigenvalue weighted by Crippen LogP contribution is -2.63. The number of likely N-dealkylation sites (tertiary alicyclic amines) is 1. The van der Waals surface area contributed by atoms with Crippen LogP contribution >= 0.6 is 0 Å². The van der Waals surface area contributed by atoms with Gasteiger partial charge in [0, 0.05) is 45.1 Å². The number of amides is 2. The van der Waals surface area contributed by atoms with Gasteiger partial charge in [-0.3, -0.25) is 14.5 Å². The number of rotatable bonds is 6. The molecule has 5 rings (SSSR count). The lowest BCUT2D eigenvalue weighted by atomic mass is 9.72. The minimum absolute atomic E-state index is 0.0427. The Kier molecular flexibility index (Phi) is 7.43. The molecule has 2 atom stereocenters. The van der Waals surface area contributed by atoms with Crippen LogP contribution < -0.4 is 10.1 Å². The van der Waals surface area contributed by atoms with Gasteiger partial charge in [0.1, 0.15) is 22.9 Å². The third kappa shape index (κ3) is 5.03. The molecule has 8 nitrogen and oxygen atoms in total. The van der Waals surface area contributed by atoms with E-state index in [0.29, 0.717) is 45.7 Å². The molecule has 3 aliphatic rings. The fourth-order valence-corrected chi connectivity index (χ4v) is 6.01. The predicted octanol–water partition coefficient (Wildman–Crippen LogP) is 3.37. The van der Waals surface area contributed by atoms with Crippen molar-refractivity contribution in [3.63, 3.8) is 0 Å². The highest BCUT2D eigenvalue weighted by Crippen LogP contribution is 2.41. The summed E-state index contributed by atoms with van der Waals surface area (Å²) in [5.74, 6) is -1.62. The smallest absolute Gasteiger partial charge is 0.410 e. The monoisotopic (exact) mass is 541 g/mol. The first kappa shape index (κ1) is 27.2. The minimum Gasteiger partial charge on any atom is -0.410 e. The second-order valence-electron chi connectivity index (χ2n) is 11.0. The number of Topliss-reactive ketones (excluding diaryl/α,β-unsaturated/α-hetero) is 1. The molecule has 2 aromatic carbocycles. The first-order valence-corrected chi connectivity index (χ1v) is 13.2. The summed E-state index contributed by atoms with van der Waals surface area (Å²) < 4.78 is 37.9. The van der Waals surface area contributed by atoms with Gasteiger partial charge < -0.3 is 19.7 Å². The molecule has 0 aromatic heterocycles. The zero-order valence-electron chi connectivity index (χ0n) is 22.1. The molecule has 3 heterocycles. The van der Waals surface area contributed by atoms with E-state index in [4.69, 9.17) is 9.47 Å². The lowest BCUT2D eigenvalue weighted by Gasteiger charge is -2.45. The third-order valence-electron chi connectivity index (χ3n) is 8.42. The molecule has 0 radical (unpaired) electrons. The maximum atomic E-state index is 14.4. The summed E-state index contributed by atoms with van der Waals surface area (Å²) in [6.45, 7) is 4.18. The maximum absolute atomic E-state index is 14.4. The summed E-state index contributed by atoms with van der Waals surface area (Å²) in [7, 11) is 1.53. The van der Waals surface area contributed by atoms with Gasteiger partial charge in [-0.05, 0) is 61.7 Å². The Morgan fingerprint density at radius 3 is 2.15 bits per heavy atom. The molecular weight excluding hydrogens is 508 g/mol. The summed E-state index contributed by atoms with van der Waals surface area (Å²) in [4.78, 5) is 43.9. The highest BCUT2D eigenvalue weighted by Gasteiger charge is 2.56. The SMILES string of the molecule is CN(C(=O)Oc1ccc(F)cc1)[C@]1(C(=O)C2CCN(C(=O)C3(C)COC3)CC2)CNC[C@H]1c1ccc(F)cc1.